The van der Waals surface area contributed by atoms with Crippen LogP contribution < -0.4 is 0 Å². The molecule has 0 saturated carbocycles. The van der Waals surface area contributed by atoms with E-state index in [4.69, 9.17) is 16.7 Å². The minimum absolute atomic E-state index is 0.0573. The second kappa shape index (κ2) is 5.99. The molecular formula is C8H12ClN3O2S. The number of aliphatic hydroxyl groups excluding tert-OH is 1. The molecule has 15 heavy (non-hydrogen) atoms. The predicted molar refractivity (Wildman–Crippen MR) is 58.2 cm³/mol. The Balaban J connectivity index is 2.71. The zero-order valence-corrected chi connectivity index (χ0v) is 9.88. The van der Waals surface area contributed by atoms with Gasteiger partial charge in [-0.3, -0.25) is 4.79 Å². The third kappa shape index (κ3) is 3.40. The lowest BCUT2D eigenvalue weighted by Gasteiger charge is -2.19. The van der Waals surface area contributed by atoms with Crippen LogP contribution in [0.4, 0.5) is 0 Å². The molecule has 0 aliphatic rings. The Morgan fingerprint density at radius 3 is 2.73 bits per heavy atom. The molecule has 0 aliphatic carbocycles. The standard InChI is InChI=1S/C8H12ClN3O2S/c1-2-3-12(4-5-13)7(14)6-10-11-8(9)15-6/h13H,2-5H2,1H3. The first-order valence-electron chi connectivity index (χ1n) is 4.58. The highest BCUT2D eigenvalue weighted by Crippen LogP contribution is 2.16. The summed E-state index contributed by atoms with van der Waals surface area (Å²) in [5.74, 6) is -0.227. The van der Waals surface area contributed by atoms with E-state index in [0.29, 0.717) is 13.1 Å². The summed E-state index contributed by atoms with van der Waals surface area (Å²) in [6.07, 6.45) is 0.832. The van der Waals surface area contributed by atoms with E-state index in [1.807, 2.05) is 6.92 Å². The van der Waals surface area contributed by atoms with Crippen molar-refractivity contribution in [3.63, 3.8) is 0 Å². The van der Waals surface area contributed by atoms with Crippen molar-refractivity contribution in [2.24, 2.45) is 0 Å². The maximum atomic E-state index is 11.8. The molecule has 1 aromatic heterocycles. The van der Waals surface area contributed by atoms with Crippen molar-refractivity contribution >= 4 is 28.8 Å². The number of aromatic nitrogens is 2. The molecule has 0 bridgehead atoms. The topological polar surface area (TPSA) is 66.3 Å². The van der Waals surface area contributed by atoms with Gasteiger partial charge in [-0.1, -0.05) is 18.3 Å². The summed E-state index contributed by atoms with van der Waals surface area (Å²) >= 11 is 6.63. The highest BCUT2D eigenvalue weighted by atomic mass is 35.5. The SMILES string of the molecule is CCCN(CCO)C(=O)c1nnc(Cl)s1. The largest absolute Gasteiger partial charge is 0.395 e. The van der Waals surface area contributed by atoms with Crippen LogP contribution in [0.2, 0.25) is 4.47 Å². The van der Waals surface area contributed by atoms with E-state index < -0.39 is 0 Å². The molecule has 1 amide bonds. The molecular weight excluding hydrogens is 238 g/mol. The summed E-state index contributed by atoms with van der Waals surface area (Å²) in [5.41, 5.74) is 0. The fraction of sp³-hybridized carbons (Fsp3) is 0.625. The molecule has 1 aromatic rings. The molecule has 0 saturated heterocycles. The van der Waals surface area contributed by atoms with Crippen LogP contribution in [0.15, 0.2) is 0 Å². The lowest BCUT2D eigenvalue weighted by atomic mass is 10.4. The van der Waals surface area contributed by atoms with Crippen molar-refractivity contribution in [1.82, 2.24) is 15.1 Å². The van der Waals surface area contributed by atoms with Crippen molar-refractivity contribution < 1.29 is 9.90 Å². The second-order valence-electron chi connectivity index (χ2n) is 2.88. The smallest absolute Gasteiger partial charge is 0.284 e. The Morgan fingerprint density at radius 1 is 1.53 bits per heavy atom. The summed E-state index contributed by atoms with van der Waals surface area (Å²) in [6.45, 7) is 2.81. The van der Waals surface area contributed by atoms with Gasteiger partial charge in [0.2, 0.25) is 9.47 Å². The maximum Gasteiger partial charge on any atom is 0.284 e. The molecule has 0 radical (unpaired) electrons. The predicted octanol–water partition coefficient (Wildman–Crippen LogP) is 1.04. The molecule has 0 unspecified atom stereocenters. The number of amides is 1. The van der Waals surface area contributed by atoms with Gasteiger partial charge in [0.05, 0.1) is 6.61 Å². The molecule has 0 spiro atoms. The number of hydrogen-bond acceptors (Lipinski definition) is 5. The molecule has 0 fully saturated rings. The lowest BCUT2D eigenvalue weighted by Crippen LogP contribution is -2.34. The quantitative estimate of drug-likeness (QED) is 0.847. The zero-order chi connectivity index (χ0) is 11.3. The minimum atomic E-state index is -0.227. The third-order valence-electron chi connectivity index (χ3n) is 1.73. The van der Waals surface area contributed by atoms with Crippen molar-refractivity contribution in [1.29, 1.82) is 0 Å². The van der Waals surface area contributed by atoms with Gasteiger partial charge in [-0.05, 0) is 18.0 Å². The van der Waals surface area contributed by atoms with Gasteiger partial charge in [0, 0.05) is 13.1 Å². The monoisotopic (exact) mass is 249 g/mol. The first-order chi connectivity index (χ1) is 7.19. The van der Waals surface area contributed by atoms with E-state index in [9.17, 15) is 4.79 Å². The van der Waals surface area contributed by atoms with E-state index in [1.165, 1.54) is 4.90 Å². The van der Waals surface area contributed by atoms with Crippen LogP contribution in [-0.2, 0) is 0 Å². The summed E-state index contributed by atoms with van der Waals surface area (Å²) < 4.78 is 0.249. The number of nitrogens with zero attached hydrogens (tertiary/aromatic N) is 3. The molecule has 1 heterocycles. The normalized spacial score (nSPS) is 10.3. The summed E-state index contributed by atoms with van der Waals surface area (Å²) in [7, 11) is 0. The molecule has 5 nitrogen and oxygen atoms in total. The molecule has 0 atom stereocenters. The Hall–Kier alpha value is -0.720. The second-order valence-corrected chi connectivity index (χ2v) is 4.44. The molecule has 1 N–H and O–H groups in total. The van der Waals surface area contributed by atoms with Crippen molar-refractivity contribution in [2.45, 2.75) is 13.3 Å². The number of halogens is 1. The molecule has 7 heteroatoms. The molecule has 1 rings (SSSR count). The van der Waals surface area contributed by atoms with Crippen LogP contribution >= 0.6 is 22.9 Å². The first-order valence-corrected chi connectivity index (χ1v) is 5.77. The fourth-order valence-electron chi connectivity index (χ4n) is 1.13. The Bertz CT molecular complexity index is 325. The van der Waals surface area contributed by atoms with E-state index in [2.05, 4.69) is 10.2 Å². The Morgan fingerprint density at radius 2 is 2.27 bits per heavy atom. The number of hydrogen-bond donors (Lipinski definition) is 1. The summed E-state index contributed by atoms with van der Waals surface area (Å²) in [5, 5.41) is 16.3. The first kappa shape index (κ1) is 12.4. The van der Waals surface area contributed by atoms with Crippen LogP contribution in [0, 0.1) is 0 Å². The average Bonchev–Trinajstić information content (AvgIpc) is 2.63. The number of carbonyl (C=O) groups excluding carboxylic acids is 1. The third-order valence-corrected chi connectivity index (χ3v) is 2.74. The highest BCUT2D eigenvalue weighted by Gasteiger charge is 2.18. The van der Waals surface area contributed by atoms with E-state index in [1.54, 1.807) is 0 Å². The van der Waals surface area contributed by atoms with Gasteiger partial charge in [0.1, 0.15) is 0 Å². The average molecular weight is 250 g/mol. The Labute approximate surface area is 96.7 Å². The number of rotatable bonds is 5. The van der Waals surface area contributed by atoms with E-state index in [-0.39, 0.29) is 22.0 Å². The molecule has 84 valence electrons. The van der Waals surface area contributed by atoms with Crippen LogP contribution in [0.25, 0.3) is 0 Å². The Kier molecular flexibility index (Phi) is 4.93. The maximum absolute atomic E-state index is 11.8. The van der Waals surface area contributed by atoms with Gasteiger partial charge in [0.25, 0.3) is 5.91 Å². The number of aliphatic hydroxyl groups is 1. The fourth-order valence-corrected chi connectivity index (χ4v) is 1.93. The molecule has 0 aliphatic heterocycles. The van der Waals surface area contributed by atoms with Gasteiger partial charge in [-0.25, -0.2) is 0 Å². The van der Waals surface area contributed by atoms with Crippen LogP contribution in [0.1, 0.15) is 23.1 Å². The van der Waals surface area contributed by atoms with E-state index in [0.717, 1.165) is 17.8 Å². The highest BCUT2D eigenvalue weighted by molar-refractivity contribution is 7.17. The van der Waals surface area contributed by atoms with Crippen molar-refractivity contribution in [3.8, 4) is 0 Å². The van der Waals surface area contributed by atoms with Crippen LogP contribution in [-0.4, -0.2) is 45.8 Å². The summed E-state index contributed by atoms with van der Waals surface area (Å²) in [6, 6.07) is 0. The van der Waals surface area contributed by atoms with Crippen LogP contribution in [0.5, 0.6) is 0 Å². The van der Waals surface area contributed by atoms with Crippen molar-refractivity contribution in [2.75, 3.05) is 19.7 Å². The van der Waals surface area contributed by atoms with Gasteiger partial charge in [-0.2, -0.15) is 0 Å². The van der Waals surface area contributed by atoms with Gasteiger partial charge >= 0.3 is 0 Å². The zero-order valence-electron chi connectivity index (χ0n) is 8.31. The van der Waals surface area contributed by atoms with Crippen LogP contribution in [0.3, 0.4) is 0 Å². The molecule has 0 aromatic carbocycles. The number of carbonyl (C=O) groups is 1. The minimum Gasteiger partial charge on any atom is -0.395 e. The van der Waals surface area contributed by atoms with Gasteiger partial charge < -0.3 is 10.0 Å². The van der Waals surface area contributed by atoms with E-state index >= 15 is 0 Å². The lowest BCUT2D eigenvalue weighted by molar-refractivity contribution is 0.0720. The summed E-state index contributed by atoms with van der Waals surface area (Å²) in [4.78, 5) is 13.3. The van der Waals surface area contributed by atoms with Gasteiger partial charge in [-0.15, -0.1) is 10.2 Å². The van der Waals surface area contributed by atoms with Crippen molar-refractivity contribution in [3.05, 3.63) is 9.47 Å². The van der Waals surface area contributed by atoms with Gasteiger partial charge in [0.15, 0.2) is 0 Å².